The summed E-state index contributed by atoms with van der Waals surface area (Å²) in [5, 5.41) is 11.3. The highest BCUT2D eigenvalue weighted by Crippen LogP contribution is 2.33. The SMILES string of the molecule is Cc1oc(NC(=O)c2ccccc2C(F)(F)F)c(C#N)c1C. The van der Waals surface area contributed by atoms with E-state index < -0.39 is 23.2 Å². The normalized spacial score (nSPS) is 11.1. The number of alkyl halides is 3. The Kier molecular flexibility index (Phi) is 3.95. The summed E-state index contributed by atoms with van der Waals surface area (Å²) in [6.07, 6.45) is -4.65. The number of carbonyl (C=O) groups is 1. The Morgan fingerprint density at radius 2 is 1.91 bits per heavy atom. The van der Waals surface area contributed by atoms with Crippen molar-refractivity contribution in [2.75, 3.05) is 5.32 Å². The number of benzene rings is 1. The molecule has 0 saturated heterocycles. The van der Waals surface area contributed by atoms with Crippen LogP contribution in [0.1, 0.15) is 32.8 Å². The van der Waals surface area contributed by atoms with E-state index in [4.69, 9.17) is 9.68 Å². The van der Waals surface area contributed by atoms with Crippen molar-refractivity contribution in [3.63, 3.8) is 0 Å². The van der Waals surface area contributed by atoms with Gasteiger partial charge in [-0.15, -0.1) is 0 Å². The molecule has 1 N–H and O–H groups in total. The van der Waals surface area contributed by atoms with Crippen LogP contribution in [0.4, 0.5) is 19.1 Å². The summed E-state index contributed by atoms with van der Waals surface area (Å²) < 4.78 is 43.9. The Morgan fingerprint density at radius 3 is 2.50 bits per heavy atom. The van der Waals surface area contributed by atoms with E-state index in [9.17, 15) is 18.0 Å². The molecule has 0 fully saturated rings. The van der Waals surface area contributed by atoms with Crippen LogP contribution < -0.4 is 5.32 Å². The van der Waals surface area contributed by atoms with Crippen LogP contribution in [0.25, 0.3) is 0 Å². The van der Waals surface area contributed by atoms with Gasteiger partial charge in [0.05, 0.1) is 11.1 Å². The average Bonchev–Trinajstić information content (AvgIpc) is 2.72. The summed E-state index contributed by atoms with van der Waals surface area (Å²) in [7, 11) is 0. The quantitative estimate of drug-likeness (QED) is 0.910. The first-order valence-electron chi connectivity index (χ1n) is 6.23. The van der Waals surface area contributed by atoms with E-state index in [1.807, 2.05) is 6.07 Å². The number of halogens is 3. The number of nitrogens with one attached hydrogen (secondary N) is 1. The highest BCUT2D eigenvalue weighted by molar-refractivity contribution is 6.05. The van der Waals surface area contributed by atoms with Gasteiger partial charge in [0.25, 0.3) is 5.91 Å². The van der Waals surface area contributed by atoms with Gasteiger partial charge in [-0.25, -0.2) is 0 Å². The lowest BCUT2D eigenvalue weighted by molar-refractivity contribution is -0.137. The molecule has 4 nitrogen and oxygen atoms in total. The molecule has 2 rings (SSSR count). The third-order valence-corrected chi connectivity index (χ3v) is 3.20. The zero-order chi connectivity index (χ0) is 16.5. The molecule has 0 spiro atoms. The van der Waals surface area contributed by atoms with Gasteiger partial charge in [-0.05, 0) is 26.0 Å². The molecule has 0 aliphatic rings. The number of hydrogen-bond acceptors (Lipinski definition) is 3. The molecule has 22 heavy (non-hydrogen) atoms. The van der Waals surface area contributed by atoms with Gasteiger partial charge in [-0.1, -0.05) is 12.1 Å². The number of rotatable bonds is 2. The molecule has 114 valence electrons. The fourth-order valence-corrected chi connectivity index (χ4v) is 1.95. The van der Waals surface area contributed by atoms with E-state index in [0.717, 1.165) is 12.1 Å². The van der Waals surface area contributed by atoms with Gasteiger partial charge < -0.3 is 4.42 Å². The minimum Gasteiger partial charge on any atom is -0.444 e. The second-order valence-electron chi connectivity index (χ2n) is 4.60. The molecule has 0 radical (unpaired) electrons. The number of carbonyl (C=O) groups excluding carboxylic acids is 1. The summed E-state index contributed by atoms with van der Waals surface area (Å²) in [6.45, 7) is 3.21. The minimum absolute atomic E-state index is 0.0929. The molecule has 0 aliphatic heterocycles. The predicted octanol–water partition coefficient (Wildman–Crippen LogP) is 4.04. The van der Waals surface area contributed by atoms with Gasteiger partial charge in [0.15, 0.2) is 0 Å². The predicted molar refractivity (Wildman–Crippen MR) is 72.3 cm³/mol. The Labute approximate surface area is 124 Å². The van der Waals surface area contributed by atoms with Crippen molar-refractivity contribution in [3.8, 4) is 6.07 Å². The number of hydrogen-bond donors (Lipinski definition) is 1. The molecule has 2 aromatic rings. The molecule has 1 aromatic heterocycles. The van der Waals surface area contributed by atoms with Crippen LogP contribution in [0.15, 0.2) is 28.7 Å². The van der Waals surface area contributed by atoms with Crippen molar-refractivity contribution in [2.24, 2.45) is 0 Å². The number of nitrogens with zero attached hydrogens (tertiary/aromatic N) is 1. The van der Waals surface area contributed by atoms with E-state index in [2.05, 4.69) is 5.32 Å². The van der Waals surface area contributed by atoms with E-state index in [0.29, 0.717) is 11.3 Å². The highest BCUT2D eigenvalue weighted by atomic mass is 19.4. The van der Waals surface area contributed by atoms with Crippen LogP contribution in [-0.4, -0.2) is 5.91 Å². The maximum atomic E-state index is 12.9. The van der Waals surface area contributed by atoms with Gasteiger partial charge in [0.2, 0.25) is 5.88 Å². The smallest absolute Gasteiger partial charge is 0.417 e. The number of anilines is 1. The van der Waals surface area contributed by atoms with Crippen LogP contribution >= 0.6 is 0 Å². The van der Waals surface area contributed by atoms with Gasteiger partial charge in [0, 0.05) is 5.56 Å². The fourth-order valence-electron chi connectivity index (χ4n) is 1.95. The standard InChI is InChI=1S/C15H11F3N2O2/c1-8-9(2)22-14(11(8)7-19)20-13(21)10-5-3-4-6-12(10)15(16,17)18/h3-6H,1-2H3,(H,20,21). The molecule has 1 heterocycles. The Balaban J connectivity index is 2.40. The van der Waals surface area contributed by atoms with Gasteiger partial charge >= 0.3 is 6.18 Å². The molecule has 1 aromatic carbocycles. The lowest BCUT2D eigenvalue weighted by Crippen LogP contribution is -2.18. The van der Waals surface area contributed by atoms with Crippen molar-refractivity contribution in [1.29, 1.82) is 5.26 Å². The Bertz CT molecular complexity index is 770. The summed E-state index contributed by atoms with van der Waals surface area (Å²) >= 11 is 0. The molecule has 7 heteroatoms. The number of nitriles is 1. The van der Waals surface area contributed by atoms with Crippen LogP contribution in [-0.2, 0) is 6.18 Å². The van der Waals surface area contributed by atoms with Gasteiger partial charge in [-0.2, -0.15) is 18.4 Å². The molecule has 0 aliphatic carbocycles. The fraction of sp³-hybridized carbons (Fsp3) is 0.200. The number of furan rings is 1. The second kappa shape index (κ2) is 5.56. The Morgan fingerprint density at radius 1 is 1.27 bits per heavy atom. The number of aryl methyl sites for hydroxylation is 1. The molecule has 0 bridgehead atoms. The van der Waals surface area contributed by atoms with E-state index in [1.54, 1.807) is 13.8 Å². The molecular weight excluding hydrogens is 297 g/mol. The largest absolute Gasteiger partial charge is 0.444 e. The second-order valence-corrected chi connectivity index (χ2v) is 4.60. The van der Waals surface area contributed by atoms with E-state index in [-0.39, 0.29) is 11.4 Å². The lowest BCUT2D eigenvalue weighted by atomic mass is 10.1. The highest BCUT2D eigenvalue weighted by Gasteiger charge is 2.35. The molecule has 0 atom stereocenters. The first-order chi connectivity index (χ1) is 10.3. The minimum atomic E-state index is -4.65. The monoisotopic (exact) mass is 308 g/mol. The third kappa shape index (κ3) is 2.81. The topological polar surface area (TPSA) is 66.0 Å². The molecule has 0 saturated carbocycles. The van der Waals surface area contributed by atoms with Crippen LogP contribution in [0.2, 0.25) is 0 Å². The molecular formula is C15H11F3N2O2. The van der Waals surface area contributed by atoms with Crippen LogP contribution in [0, 0.1) is 25.2 Å². The zero-order valence-electron chi connectivity index (χ0n) is 11.7. The summed E-state index contributed by atoms with van der Waals surface area (Å²) in [5.41, 5.74) is -0.964. The number of amides is 1. The van der Waals surface area contributed by atoms with Crippen molar-refractivity contribution in [2.45, 2.75) is 20.0 Å². The van der Waals surface area contributed by atoms with Crippen LogP contribution in [0.3, 0.4) is 0 Å². The van der Waals surface area contributed by atoms with Crippen molar-refractivity contribution < 1.29 is 22.4 Å². The van der Waals surface area contributed by atoms with Crippen molar-refractivity contribution >= 4 is 11.8 Å². The Hall–Kier alpha value is -2.75. The van der Waals surface area contributed by atoms with Crippen molar-refractivity contribution in [1.82, 2.24) is 0 Å². The molecule has 0 unspecified atom stereocenters. The van der Waals surface area contributed by atoms with Crippen molar-refractivity contribution in [3.05, 3.63) is 52.3 Å². The van der Waals surface area contributed by atoms with E-state index in [1.165, 1.54) is 12.1 Å². The van der Waals surface area contributed by atoms with E-state index >= 15 is 0 Å². The lowest BCUT2D eigenvalue weighted by Gasteiger charge is -2.11. The summed E-state index contributed by atoms with van der Waals surface area (Å²) in [4.78, 5) is 12.1. The summed E-state index contributed by atoms with van der Waals surface area (Å²) in [5.74, 6) is -0.728. The maximum absolute atomic E-state index is 12.9. The molecule has 1 amide bonds. The third-order valence-electron chi connectivity index (χ3n) is 3.20. The zero-order valence-corrected chi connectivity index (χ0v) is 11.7. The average molecular weight is 308 g/mol. The van der Waals surface area contributed by atoms with Gasteiger partial charge in [-0.3, -0.25) is 10.1 Å². The maximum Gasteiger partial charge on any atom is 0.417 e. The first kappa shape index (κ1) is 15.6. The first-order valence-corrected chi connectivity index (χ1v) is 6.23. The van der Waals surface area contributed by atoms with Crippen LogP contribution in [0.5, 0.6) is 0 Å². The van der Waals surface area contributed by atoms with Gasteiger partial charge in [0.1, 0.15) is 17.4 Å². The summed E-state index contributed by atoms with van der Waals surface area (Å²) in [6, 6.07) is 6.26.